The zero-order valence-corrected chi connectivity index (χ0v) is 20.4. The van der Waals surface area contributed by atoms with Crippen molar-refractivity contribution in [2.24, 2.45) is 10.2 Å². The third-order valence-corrected chi connectivity index (χ3v) is 7.36. The number of anilines is 2. The zero-order chi connectivity index (χ0) is 25.1. The van der Waals surface area contributed by atoms with Crippen molar-refractivity contribution in [1.29, 1.82) is 0 Å². The van der Waals surface area contributed by atoms with Gasteiger partial charge in [-0.3, -0.25) is 9.59 Å². The number of thiophene rings is 2. The van der Waals surface area contributed by atoms with Gasteiger partial charge in [0.05, 0.1) is 12.4 Å². The highest BCUT2D eigenvalue weighted by Gasteiger charge is 2.15. The van der Waals surface area contributed by atoms with E-state index in [0.29, 0.717) is 22.5 Å². The smallest absolute Gasteiger partial charge is 0.271 e. The highest BCUT2D eigenvalue weighted by Crippen LogP contribution is 2.37. The lowest BCUT2D eigenvalue weighted by Crippen LogP contribution is -2.17. The second kappa shape index (κ2) is 9.98. The molecule has 2 amide bonds. The molecule has 0 aliphatic carbocycles. The maximum absolute atomic E-state index is 12.4. The molecule has 6 N–H and O–H groups in total. The first-order valence-corrected chi connectivity index (χ1v) is 12.6. The van der Waals surface area contributed by atoms with E-state index in [4.69, 9.17) is 11.5 Å². The number of amides is 2. The van der Waals surface area contributed by atoms with Crippen molar-refractivity contribution in [2.45, 2.75) is 0 Å². The van der Waals surface area contributed by atoms with Crippen LogP contribution in [0.1, 0.15) is 31.8 Å². The molecule has 5 aromatic rings. The predicted molar refractivity (Wildman–Crippen MR) is 149 cm³/mol. The minimum Gasteiger partial charge on any atom is -0.399 e. The molecular formula is C26H20N6O2S2. The van der Waals surface area contributed by atoms with Gasteiger partial charge >= 0.3 is 0 Å². The lowest BCUT2D eigenvalue weighted by molar-refractivity contribution is 0.0947. The van der Waals surface area contributed by atoms with Crippen molar-refractivity contribution in [3.8, 4) is 0 Å². The van der Waals surface area contributed by atoms with E-state index < -0.39 is 0 Å². The molecule has 3 aromatic carbocycles. The van der Waals surface area contributed by atoms with E-state index in [2.05, 4.69) is 21.1 Å². The van der Waals surface area contributed by atoms with Crippen LogP contribution in [-0.2, 0) is 0 Å². The van der Waals surface area contributed by atoms with E-state index >= 15 is 0 Å². The van der Waals surface area contributed by atoms with Crippen molar-refractivity contribution >= 4 is 78.5 Å². The maximum atomic E-state index is 12.4. The number of nitrogens with zero attached hydrogens (tertiary/aromatic N) is 2. The largest absolute Gasteiger partial charge is 0.399 e. The Kier molecular flexibility index (Phi) is 6.44. The second-order valence-electron chi connectivity index (χ2n) is 7.80. The van der Waals surface area contributed by atoms with Crippen molar-refractivity contribution in [3.63, 3.8) is 0 Å². The number of hydrogen-bond acceptors (Lipinski definition) is 8. The number of nitrogens with one attached hydrogen (secondary N) is 2. The molecule has 0 aliphatic rings. The summed E-state index contributed by atoms with van der Waals surface area (Å²) in [6.07, 6.45) is 3.32. The quantitative estimate of drug-likeness (QED) is 0.147. The van der Waals surface area contributed by atoms with Crippen LogP contribution in [0.15, 0.2) is 81.6 Å². The molecule has 0 spiro atoms. The normalized spacial score (nSPS) is 11.6. The Labute approximate surface area is 213 Å². The minimum atomic E-state index is -0.323. The molecule has 0 saturated heterocycles. The summed E-state index contributed by atoms with van der Waals surface area (Å²) in [5, 5.41) is 14.4. The number of hydrazone groups is 2. The van der Waals surface area contributed by atoms with Crippen LogP contribution in [0.25, 0.3) is 20.2 Å². The first kappa shape index (κ1) is 23.2. The number of benzene rings is 3. The fourth-order valence-corrected chi connectivity index (χ4v) is 5.54. The number of nitrogen functional groups attached to an aromatic ring is 2. The van der Waals surface area contributed by atoms with Crippen LogP contribution >= 0.6 is 22.7 Å². The highest BCUT2D eigenvalue weighted by atomic mass is 32.1. The molecule has 2 aromatic heterocycles. The second-order valence-corrected chi connectivity index (χ2v) is 9.63. The monoisotopic (exact) mass is 512 g/mol. The summed E-state index contributed by atoms with van der Waals surface area (Å²) in [6, 6.07) is 17.3. The molecule has 5 rings (SSSR count). The minimum absolute atomic E-state index is 0.323. The molecule has 178 valence electrons. The number of hydrogen-bond donors (Lipinski definition) is 4. The molecule has 0 aliphatic heterocycles. The number of carbonyl (C=O) groups is 2. The van der Waals surface area contributed by atoms with Gasteiger partial charge < -0.3 is 11.5 Å². The third kappa shape index (κ3) is 4.67. The average Bonchev–Trinajstić information content (AvgIpc) is 3.56. The fraction of sp³-hybridized carbons (Fsp3) is 0. The fourth-order valence-electron chi connectivity index (χ4n) is 3.67. The Balaban J connectivity index is 1.41. The van der Waals surface area contributed by atoms with Gasteiger partial charge in [-0.1, -0.05) is 0 Å². The van der Waals surface area contributed by atoms with Crippen LogP contribution < -0.4 is 22.3 Å². The Morgan fingerprint density at radius 1 is 0.639 bits per heavy atom. The molecule has 2 heterocycles. The van der Waals surface area contributed by atoms with Gasteiger partial charge in [0.1, 0.15) is 0 Å². The van der Waals surface area contributed by atoms with Gasteiger partial charge in [0.25, 0.3) is 11.8 Å². The highest BCUT2D eigenvalue weighted by molar-refractivity contribution is 7.19. The van der Waals surface area contributed by atoms with E-state index in [9.17, 15) is 9.59 Å². The van der Waals surface area contributed by atoms with Crippen LogP contribution in [0.4, 0.5) is 11.4 Å². The molecule has 0 fully saturated rings. The maximum Gasteiger partial charge on any atom is 0.271 e. The Bertz CT molecular complexity index is 1460. The van der Waals surface area contributed by atoms with Gasteiger partial charge in [-0.2, -0.15) is 10.2 Å². The molecule has 0 radical (unpaired) electrons. The van der Waals surface area contributed by atoms with E-state index in [-0.39, 0.29) is 11.8 Å². The zero-order valence-electron chi connectivity index (χ0n) is 18.8. The van der Waals surface area contributed by atoms with E-state index in [1.54, 1.807) is 83.6 Å². The molecule has 0 bridgehead atoms. The third-order valence-electron chi connectivity index (χ3n) is 5.47. The molecule has 10 heteroatoms. The van der Waals surface area contributed by atoms with Crippen molar-refractivity contribution in [2.75, 3.05) is 11.5 Å². The first-order chi connectivity index (χ1) is 17.5. The topological polar surface area (TPSA) is 135 Å². The Morgan fingerprint density at radius 2 is 1.03 bits per heavy atom. The molecular weight excluding hydrogens is 492 g/mol. The van der Waals surface area contributed by atoms with Crippen LogP contribution in [0.5, 0.6) is 0 Å². The van der Waals surface area contributed by atoms with Gasteiger partial charge in [-0.25, -0.2) is 10.9 Å². The average molecular weight is 513 g/mol. The van der Waals surface area contributed by atoms with Gasteiger partial charge in [0.15, 0.2) is 0 Å². The molecule has 0 atom stereocenters. The molecule has 0 saturated carbocycles. The van der Waals surface area contributed by atoms with E-state index in [1.807, 2.05) is 22.9 Å². The number of carbonyl (C=O) groups excluding carboxylic acids is 2. The predicted octanol–water partition coefficient (Wildman–Crippen LogP) is 4.81. The lowest BCUT2D eigenvalue weighted by atomic mass is 10.0. The first-order valence-electron chi connectivity index (χ1n) is 10.8. The van der Waals surface area contributed by atoms with Gasteiger partial charge in [0, 0.05) is 53.8 Å². The van der Waals surface area contributed by atoms with Crippen molar-refractivity contribution in [1.82, 2.24) is 10.9 Å². The number of rotatable bonds is 6. The van der Waals surface area contributed by atoms with Gasteiger partial charge in [-0.05, 0) is 71.4 Å². The van der Waals surface area contributed by atoms with Crippen LogP contribution in [-0.4, -0.2) is 24.2 Å². The van der Waals surface area contributed by atoms with E-state index in [0.717, 1.165) is 31.3 Å². The molecule has 36 heavy (non-hydrogen) atoms. The summed E-state index contributed by atoms with van der Waals surface area (Å²) >= 11 is 3.13. The number of nitrogens with two attached hydrogens (primary N) is 2. The van der Waals surface area contributed by atoms with Gasteiger partial charge in [0.2, 0.25) is 0 Å². The van der Waals surface area contributed by atoms with Crippen molar-refractivity contribution in [3.05, 3.63) is 93.7 Å². The standard InChI is InChI=1S/C26H20N6O2S2/c27-17-5-1-15(2-6-17)25(33)31-29-13-21-19-9-11-36-24(19)22(20-10-12-35-23(20)21)14-30-32-26(34)16-3-7-18(28)8-4-16/h1-14H,27-28H2,(H,31,33)(H,32,34)/b29-13-,30-14-. The van der Waals surface area contributed by atoms with Crippen molar-refractivity contribution < 1.29 is 9.59 Å². The number of fused-ring (bicyclic) bond motifs is 2. The van der Waals surface area contributed by atoms with E-state index in [1.165, 1.54) is 0 Å². The summed E-state index contributed by atoms with van der Waals surface area (Å²) in [5.41, 5.74) is 20.4. The summed E-state index contributed by atoms with van der Waals surface area (Å²) in [6.45, 7) is 0. The van der Waals surface area contributed by atoms with Crippen LogP contribution in [0.3, 0.4) is 0 Å². The summed E-state index contributed by atoms with van der Waals surface area (Å²) < 4.78 is 2.00. The van der Waals surface area contributed by atoms with Crippen LogP contribution in [0.2, 0.25) is 0 Å². The summed E-state index contributed by atoms with van der Waals surface area (Å²) in [5.74, 6) is -0.647. The Hall–Kier alpha value is -4.54. The van der Waals surface area contributed by atoms with Gasteiger partial charge in [-0.15, -0.1) is 22.7 Å². The Morgan fingerprint density at radius 3 is 1.42 bits per heavy atom. The SMILES string of the molecule is Nc1ccc(C(=O)N/N=C\c2c3ccsc3c(/C=N\NC(=O)c3ccc(N)cc3)c3ccsc23)cc1. The molecule has 0 unspecified atom stereocenters. The lowest BCUT2D eigenvalue weighted by Gasteiger charge is -2.06. The van der Waals surface area contributed by atoms with Crippen LogP contribution in [0, 0.1) is 0 Å². The molecule has 8 nitrogen and oxygen atoms in total. The summed E-state index contributed by atoms with van der Waals surface area (Å²) in [7, 11) is 0. The summed E-state index contributed by atoms with van der Waals surface area (Å²) in [4.78, 5) is 24.8.